The summed E-state index contributed by atoms with van der Waals surface area (Å²) in [6.07, 6.45) is 2.65. The van der Waals surface area contributed by atoms with Gasteiger partial charge in [-0.1, -0.05) is 6.07 Å². The summed E-state index contributed by atoms with van der Waals surface area (Å²) in [5.74, 6) is 0.271. The molecule has 1 amide bonds. The first-order valence-corrected chi connectivity index (χ1v) is 7.04. The van der Waals surface area contributed by atoms with Crippen LogP contribution in [0.3, 0.4) is 0 Å². The Morgan fingerprint density at radius 2 is 2.33 bits per heavy atom. The van der Waals surface area contributed by atoms with Gasteiger partial charge in [0.15, 0.2) is 0 Å². The van der Waals surface area contributed by atoms with Crippen LogP contribution in [0.1, 0.15) is 22.8 Å². The van der Waals surface area contributed by atoms with Gasteiger partial charge in [0.05, 0.1) is 6.61 Å². The first-order chi connectivity index (χ1) is 10.3. The third-order valence-electron chi connectivity index (χ3n) is 3.38. The number of carbonyl (C=O) groups is 1. The number of pyridine rings is 1. The number of rotatable bonds is 4. The van der Waals surface area contributed by atoms with Crippen LogP contribution in [0.2, 0.25) is 0 Å². The minimum Gasteiger partial charge on any atom is -0.476 e. The molecule has 0 fully saturated rings. The molecule has 0 saturated heterocycles. The van der Waals surface area contributed by atoms with Crippen LogP contribution < -0.4 is 15.4 Å². The van der Waals surface area contributed by atoms with Gasteiger partial charge in [0.2, 0.25) is 5.88 Å². The van der Waals surface area contributed by atoms with Crippen molar-refractivity contribution in [3.05, 3.63) is 47.7 Å². The largest absolute Gasteiger partial charge is 0.476 e. The highest BCUT2D eigenvalue weighted by Gasteiger charge is 2.15. The summed E-state index contributed by atoms with van der Waals surface area (Å²) in [5.41, 5.74) is 3.49. The van der Waals surface area contributed by atoms with Crippen LogP contribution >= 0.6 is 0 Å². The zero-order valence-electron chi connectivity index (χ0n) is 11.8. The van der Waals surface area contributed by atoms with Gasteiger partial charge in [-0.25, -0.2) is 4.98 Å². The highest BCUT2D eigenvalue weighted by atomic mass is 16.5. The van der Waals surface area contributed by atoms with E-state index in [1.165, 1.54) is 5.56 Å². The van der Waals surface area contributed by atoms with Gasteiger partial charge in [-0.3, -0.25) is 4.79 Å². The summed E-state index contributed by atoms with van der Waals surface area (Å²) in [4.78, 5) is 16.5. The summed E-state index contributed by atoms with van der Waals surface area (Å²) < 4.78 is 5.41. The number of aromatic nitrogens is 1. The lowest BCUT2D eigenvalue weighted by Crippen LogP contribution is -2.13. The Kier molecular flexibility index (Phi) is 3.73. The molecule has 2 heterocycles. The van der Waals surface area contributed by atoms with Crippen molar-refractivity contribution in [3.63, 3.8) is 0 Å². The van der Waals surface area contributed by atoms with E-state index >= 15 is 0 Å². The van der Waals surface area contributed by atoms with E-state index in [1.807, 2.05) is 25.1 Å². The van der Waals surface area contributed by atoms with Crippen LogP contribution in [0.5, 0.6) is 5.88 Å². The Labute approximate surface area is 123 Å². The molecular formula is C16H17N3O2. The quantitative estimate of drug-likeness (QED) is 0.905. The molecule has 0 radical (unpaired) electrons. The van der Waals surface area contributed by atoms with Gasteiger partial charge < -0.3 is 15.4 Å². The molecule has 0 unspecified atom stereocenters. The smallest absolute Gasteiger partial charge is 0.255 e. The second-order valence-corrected chi connectivity index (χ2v) is 4.79. The molecule has 5 heteroatoms. The third-order valence-corrected chi connectivity index (χ3v) is 3.38. The van der Waals surface area contributed by atoms with Crippen molar-refractivity contribution in [1.82, 2.24) is 4.98 Å². The number of hydrogen-bond donors (Lipinski definition) is 2. The molecule has 1 aliphatic rings. The van der Waals surface area contributed by atoms with Gasteiger partial charge in [0.25, 0.3) is 5.91 Å². The van der Waals surface area contributed by atoms with Crippen molar-refractivity contribution >= 4 is 17.3 Å². The number of nitrogens with zero attached hydrogens (tertiary/aromatic N) is 1. The Hall–Kier alpha value is -2.56. The van der Waals surface area contributed by atoms with E-state index in [2.05, 4.69) is 15.6 Å². The van der Waals surface area contributed by atoms with Crippen LogP contribution in [-0.4, -0.2) is 24.0 Å². The standard InChI is InChI=1S/C16H17N3O2/c1-2-21-16-13(4-3-8-18-16)19-15(20)12-6-5-11-7-9-17-14(11)10-12/h3-6,8,10,17H,2,7,9H2,1H3,(H,19,20). The Morgan fingerprint density at radius 1 is 1.43 bits per heavy atom. The molecule has 0 saturated carbocycles. The molecule has 2 N–H and O–H groups in total. The number of carbonyl (C=O) groups excluding carboxylic acids is 1. The Balaban J connectivity index is 1.80. The Bertz CT molecular complexity index is 670. The fourth-order valence-electron chi connectivity index (χ4n) is 2.36. The predicted molar refractivity (Wildman–Crippen MR) is 82.0 cm³/mol. The molecule has 1 aromatic heterocycles. The second-order valence-electron chi connectivity index (χ2n) is 4.79. The summed E-state index contributed by atoms with van der Waals surface area (Å²) >= 11 is 0. The first-order valence-electron chi connectivity index (χ1n) is 7.04. The van der Waals surface area contributed by atoms with Crippen molar-refractivity contribution in [1.29, 1.82) is 0 Å². The van der Waals surface area contributed by atoms with Crippen LogP contribution in [0.25, 0.3) is 0 Å². The number of amides is 1. The van der Waals surface area contributed by atoms with Crippen molar-refractivity contribution in [2.24, 2.45) is 0 Å². The normalized spacial score (nSPS) is 12.4. The Morgan fingerprint density at radius 3 is 3.19 bits per heavy atom. The van der Waals surface area contributed by atoms with E-state index in [4.69, 9.17) is 4.74 Å². The molecule has 1 aromatic carbocycles. The van der Waals surface area contributed by atoms with E-state index in [-0.39, 0.29) is 5.91 Å². The van der Waals surface area contributed by atoms with Gasteiger partial charge in [-0.05, 0) is 43.2 Å². The molecule has 0 atom stereocenters. The maximum Gasteiger partial charge on any atom is 0.255 e. The van der Waals surface area contributed by atoms with Gasteiger partial charge in [0.1, 0.15) is 5.69 Å². The van der Waals surface area contributed by atoms with Crippen molar-refractivity contribution < 1.29 is 9.53 Å². The van der Waals surface area contributed by atoms with Crippen LogP contribution in [0.4, 0.5) is 11.4 Å². The second kappa shape index (κ2) is 5.83. The summed E-state index contributed by atoms with van der Waals surface area (Å²) in [5, 5.41) is 6.12. The third kappa shape index (κ3) is 2.81. The molecular weight excluding hydrogens is 266 g/mol. The van der Waals surface area contributed by atoms with E-state index in [0.717, 1.165) is 18.7 Å². The fraction of sp³-hybridized carbons (Fsp3) is 0.250. The molecule has 3 rings (SSSR count). The lowest BCUT2D eigenvalue weighted by Gasteiger charge is -2.10. The highest BCUT2D eigenvalue weighted by Crippen LogP contribution is 2.25. The van der Waals surface area contributed by atoms with E-state index in [9.17, 15) is 4.79 Å². The summed E-state index contributed by atoms with van der Waals surface area (Å²) in [6, 6.07) is 9.27. The minimum atomic E-state index is -0.166. The number of fused-ring (bicyclic) bond motifs is 1. The van der Waals surface area contributed by atoms with Crippen LogP contribution in [0.15, 0.2) is 36.5 Å². The topological polar surface area (TPSA) is 63.2 Å². The maximum absolute atomic E-state index is 12.3. The predicted octanol–water partition coefficient (Wildman–Crippen LogP) is 2.70. The maximum atomic E-state index is 12.3. The molecule has 2 aromatic rings. The SMILES string of the molecule is CCOc1ncccc1NC(=O)c1ccc2c(c1)NCC2. The summed E-state index contributed by atoms with van der Waals surface area (Å²) in [7, 11) is 0. The van der Waals surface area contributed by atoms with Crippen molar-refractivity contribution in [2.75, 3.05) is 23.8 Å². The van der Waals surface area contributed by atoms with Gasteiger partial charge in [-0.15, -0.1) is 0 Å². The average Bonchev–Trinajstić information content (AvgIpc) is 2.97. The number of benzene rings is 1. The van der Waals surface area contributed by atoms with E-state index < -0.39 is 0 Å². The van der Waals surface area contributed by atoms with E-state index in [1.54, 1.807) is 18.3 Å². The summed E-state index contributed by atoms with van der Waals surface area (Å²) in [6.45, 7) is 3.31. The monoisotopic (exact) mass is 283 g/mol. The van der Waals surface area contributed by atoms with Gasteiger partial charge >= 0.3 is 0 Å². The molecule has 0 bridgehead atoms. The van der Waals surface area contributed by atoms with Crippen molar-refractivity contribution in [2.45, 2.75) is 13.3 Å². The minimum absolute atomic E-state index is 0.166. The lowest BCUT2D eigenvalue weighted by atomic mass is 10.1. The number of anilines is 2. The molecule has 1 aliphatic heterocycles. The van der Waals surface area contributed by atoms with Crippen LogP contribution in [0, 0.1) is 0 Å². The number of ether oxygens (including phenoxy) is 1. The van der Waals surface area contributed by atoms with Gasteiger partial charge in [0, 0.05) is 24.0 Å². The first kappa shape index (κ1) is 13.4. The van der Waals surface area contributed by atoms with Crippen molar-refractivity contribution in [3.8, 4) is 5.88 Å². The number of nitrogens with one attached hydrogen (secondary N) is 2. The molecule has 5 nitrogen and oxygen atoms in total. The average molecular weight is 283 g/mol. The molecule has 0 spiro atoms. The lowest BCUT2D eigenvalue weighted by molar-refractivity contribution is 0.102. The zero-order chi connectivity index (χ0) is 14.7. The van der Waals surface area contributed by atoms with Crippen LogP contribution in [-0.2, 0) is 6.42 Å². The fourth-order valence-corrected chi connectivity index (χ4v) is 2.36. The molecule has 108 valence electrons. The molecule has 21 heavy (non-hydrogen) atoms. The zero-order valence-corrected chi connectivity index (χ0v) is 11.8. The highest BCUT2D eigenvalue weighted by molar-refractivity contribution is 6.05. The molecule has 0 aliphatic carbocycles. The number of hydrogen-bond acceptors (Lipinski definition) is 4. The van der Waals surface area contributed by atoms with Gasteiger partial charge in [-0.2, -0.15) is 0 Å². The van der Waals surface area contributed by atoms with E-state index in [0.29, 0.717) is 23.7 Å².